The van der Waals surface area contributed by atoms with Crippen LogP contribution in [0, 0.1) is 0 Å². The molecule has 4 aromatic rings. The van der Waals surface area contributed by atoms with Gasteiger partial charge in [0.1, 0.15) is 0 Å². The van der Waals surface area contributed by atoms with Gasteiger partial charge in [-0.05, 0) is 41.6 Å². The van der Waals surface area contributed by atoms with Gasteiger partial charge in [0.25, 0.3) is 5.91 Å². The van der Waals surface area contributed by atoms with Crippen molar-refractivity contribution < 1.29 is 4.79 Å². The molecule has 0 aliphatic carbocycles. The first-order valence-electron chi connectivity index (χ1n) is 9.09. The van der Waals surface area contributed by atoms with Crippen molar-refractivity contribution in [1.29, 1.82) is 0 Å². The zero-order valence-corrected chi connectivity index (χ0v) is 15.8. The molecule has 4 nitrogen and oxygen atoms in total. The monoisotopic (exact) mass is 375 g/mol. The fourth-order valence-electron chi connectivity index (χ4n) is 3.23. The highest BCUT2D eigenvalue weighted by molar-refractivity contribution is 7.09. The molecule has 0 fully saturated rings. The van der Waals surface area contributed by atoms with Crippen molar-refractivity contribution in [1.82, 2.24) is 14.9 Å². The van der Waals surface area contributed by atoms with Gasteiger partial charge in [-0.15, -0.1) is 11.3 Å². The molecule has 2 heterocycles. The van der Waals surface area contributed by atoms with Crippen LogP contribution in [-0.2, 0) is 13.0 Å². The Balaban J connectivity index is 1.34. The second-order valence-electron chi connectivity index (χ2n) is 6.45. The molecule has 0 unspecified atom stereocenters. The van der Waals surface area contributed by atoms with Crippen molar-refractivity contribution in [3.8, 4) is 0 Å². The van der Waals surface area contributed by atoms with Gasteiger partial charge in [-0.25, -0.2) is 4.98 Å². The number of fused-ring (bicyclic) bond motifs is 1. The second kappa shape index (κ2) is 8.18. The van der Waals surface area contributed by atoms with E-state index in [9.17, 15) is 4.79 Å². The SMILES string of the molecule is O=C(NCCCn1cnc2ccccc21)c1ccccc1Cc1cccs1. The molecule has 0 saturated heterocycles. The largest absolute Gasteiger partial charge is 0.352 e. The van der Waals surface area contributed by atoms with Crippen LogP contribution in [0.15, 0.2) is 72.4 Å². The Hall–Kier alpha value is -2.92. The quantitative estimate of drug-likeness (QED) is 0.483. The summed E-state index contributed by atoms with van der Waals surface area (Å²) in [6.45, 7) is 1.47. The lowest BCUT2D eigenvalue weighted by atomic mass is 10.0. The predicted molar refractivity (Wildman–Crippen MR) is 110 cm³/mol. The van der Waals surface area contributed by atoms with Crippen LogP contribution in [-0.4, -0.2) is 22.0 Å². The van der Waals surface area contributed by atoms with E-state index in [0.29, 0.717) is 6.54 Å². The standard InChI is InChI=1S/C22H21N3OS/c26-22(19-9-2-1-7-17(19)15-18-8-5-14-27-18)23-12-6-13-25-16-24-20-10-3-4-11-21(20)25/h1-5,7-11,14,16H,6,12-13,15H2,(H,23,26). The fraction of sp³-hybridized carbons (Fsp3) is 0.182. The molecule has 4 rings (SSSR count). The molecule has 0 atom stereocenters. The number of nitrogens with one attached hydrogen (secondary N) is 1. The van der Waals surface area contributed by atoms with Gasteiger partial charge in [-0.2, -0.15) is 0 Å². The highest BCUT2D eigenvalue weighted by Gasteiger charge is 2.11. The van der Waals surface area contributed by atoms with Crippen LogP contribution in [0.4, 0.5) is 0 Å². The van der Waals surface area contributed by atoms with E-state index >= 15 is 0 Å². The summed E-state index contributed by atoms with van der Waals surface area (Å²) in [5.74, 6) is -0.00218. The first-order valence-corrected chi connectivity index (χ1v) is 9.97. The Bertz CT molecular complexity index is 1040. The van der Waals surface area contributed by atoms with E-state index in [2.05, 4.69) is 32.4 Å². The van der Waals surface area contributed by atoms with E-state index in [-0.39, 0.29) is 5.91 Å². The smallest absolute Gasteiger partial charge is 0.251 e. The molecule has 1 N–H and O–H groups in total. The van der Waals surface area contributed by atoms with Crippen LogP contribution in [0.2, 0.25) is 0 Å². The van der Waals surface area contributed by atoms with Crippen LogP contribution < -0.4 is 5.32 Å². The summed E-state index contributed by atoms with van der Waals surface area (Å²) in [5, 5.41) is 5.13. The molecule has 0 bridgehead atoms. The molecule has 5 heteroatoms. The van der Waals surface area contributed by atoms with Gasteiger partial charge < -0.3 is 9.88 Å². The highest BCUT2D eigenvalue weighted by Crippen LogP contribution is 2.18. The van der Waals surface area contributed by atoms with Crippen LogP contribution in [0.3, 0.4) is 0 Å². The average Bonchev–Trinajstić information content (AvgIpc) is 3.35. The summed E-state index contributed by atoms with van der Waals surface area (Å²) in [6.07, 6.45) is 3.52. The summed E-state index contributed by atoms with van der Waals surface area (Å²) in [7, 11) is 0. The van der Waals surface area contributed by atoms with E-state index in [0.717, 1.165) is 41.5 Å². The van der Waals surface area contributed by atoms with Crippen LogP contribution in [0.5, 0.6) is 0 Å². The lowest BCUT2D eigenvalue weighted by Crippen LogP contribution is -2.26. The van der Waals surface area contributed by atoms with Gasteiger partial charge in [0.2, 0.25) is 0 Å². The predicted octanol–water partition coefficient (Wildman–Crippen LogP) is 4.51. The summed E-state index contributed by atoms with van der Waals surface area (Å²) < 4.78 is 2.13. The summed E-state index contributed by atoms with van der Waals surface area (Å²) >= 11 is 1.72. The number of carbonyl (C=O) groups excluding carboxylic acids is 1. The number of aromatic nitrogens is 2. The average molecular weight is 375 g/mol. The minimum absolute atomic E-state index is 0.00218. The van der Waals surface area contributed by atoms with Crippen LogP contribution in [0.1, 0.15) is 27.2 Å². The molecular weight excluding hydrogens is 354 g/mol. The third-order valence-corrected chi connectivity index (χ3v) is 5.47. The van der Waals surface area contributed by atoms with E-state index in [1.165, 1.54) is 4.88 Å². The van der Waals surface area contributed by atoms with Gasteiger partial charge >= 0.3 is 0 Å². The van der Waals surface area contributed by atoms with Crippen molar-refractivity contribution in [3.05, 3.63) is 88.4 Å². The molecule has 2 aromatic carbocycles. The maximum atomic E-state index is 12.6. The number of hydrogen-bond donors (Lipinski definition) is 1. The number of benzene rings is 2. The molecular formula is C22H21N3OS. The number of para-hydroxylation sites is 2. The number of aryl methyl sites for hydroxylation is 1. The van der Waals surface area contributed by atoms with Gasteiger partial charge in [-0.1, -0.05) is 36.4 Å². The fourth-order valence-corrected chi connectivity index (χ4v) is 3.96. The number of imidazole rings is 1. The number of nitrogens with zero attached hydrogens (tertiary/aromatic N) is 2. The maximum Gasteiger partial charge on any atom is 0.251 e. The second-order valence-corrected chi connectivity index (χ2v) is 7.48. The Morgan fingerprint density at radius 2 is 1.89 bits per heavy atom. The number of hydrogen-bond acceptors (Lipinski definition) is 3. The molecule has 136 valence electrons. The number of thiophene rings is 1. The summed E-state index contributed by atoms with van der Waals surface area (Å²) in [4.78, 5) is 18.3. The van der Waals surface area contributed by atoms with Gasteiger partial charge in [-0.3, -0.25) is 4.79 Å². The van der Waals surface area contributed by atoms with E-state index < -0.39 is 0 Å². The lowest BCUT2D eigenvalue weighted by Gasteiger charge is -2.10. The molecule has 0 radical (unpaired) electrons. The highest BCUT2D eigenvalue weighted by atomic mass is 32.1. The third kappa shape index (κ3) is 4.09. The number of amides is 1. The maximum absolute atomic E-state index is 12.6. The van der Waals surface area contributed by atoms with Gasteiger partial charge in [0.15, 0.2) is 0 Å². The lowest BCUT2D eigenvalue weighted by molar-refractivity contribution is 0.0952. The van der Waals surface area contributed by atoms with Gasteiger partial charge in [0.05, 0.1) is 17.4 Å². The molecule has 2 aromatic heterocycles. The molecule has 27 heavy (non-hydrogen) atoms. The summed E-state index contributed by atoms with van der Waals surface area (Å²) in [5.41, 5.74) is 3.96. The van der Waals surface area contributed by atoms with Crippen molar-refractivity contribution in [2.24, 2.45) is 0 Å². The number of carbonyl (C=O) groups is 1. The Morgan fingerprint density at radius 1 is 1.04 bits per heavy atom. The molecule has 0 spiro atoms. The van der Waals surface area contributed by atoms with Crippen molar-refractivity contribution in [2.75, 3.05) is 6.54 Å². The minimum atomic E-state index is -0.00218. The van der Waals surface area contributed by atoms with Crippen molar-refractivity contribution in [2.45, 2.75) is 19.4 Å². The van der Waals surface area contributed by atoms with Crippen LogP contribution in [0.25, 0.3) is 11.0 Å². The normalized spacial score (nSPS) is 11.0. The Kier molecular flexibility index (Phi) is 5.30. The van der Waals surface area contributed by atoms with E-state index in [1.54, 1.807) is 11.3 Å². The van der Waals surface area contributed by atoms with E-state index in [1.807, 2.05) is 54.9 Å². The number of rotatable bonds is 7. The zero-order valence-electron chi connectivity index (χ0n) is 15.0. The Labute approximate surface area is 162 Å². The van der Waals surface area contributed by atoms with E-state index in [4.69, 9.17) is 0 Å². The van der Waals surface area contributed by atoms with Crippen molar-refractivity contribution >= 4 is 28.3 Å². The van der Waals surface area contributed by atoms with Crippen LogP contribution >= 0.6 is 11.3 Å². The first-order chi connectivity index (χ1) is 13.3. The third-order valence-electron chi connectivity index (χ3n) is 4.60. The molecule has 0 saturated carbocycles. The summed E-state index contributed by atoms with van der Waals surface area (Å²) in [6, 6.07) is 20.1. The minimum Gasteiger partial charge on any atom is -0.352 e. The Morgan fingerprint density at radius 3 is 2.78 bits per heavy atom. The zero-order chi connectivity index (χ0) is 18.5. The van der Waals surface area contributed by atoms with Gasteiger partial charge in [0, 0.05) is 30.0 Å². The molecule has 0 aliphatic heterocycles. The van der Waals surface area contributed by atoms with Crippen molar-refractivity contribution in [3.63, 3.8) is 0 Å². The molecule has 1 amide bonds. The topological polar surface area (TPSA) is 46.9 Å². The first kappa shape index (κ1) is 17.5. The molecule has 0 aliphatic rings.